The quantitative estimate of drug-likeness (QED) is 0.598. The van der Waals surface area contributed by atoms with E-state index in [1.807, 2.05) is 0 Å². The summed E-state index contributed by atoms with van der Waals surface area (Å²) in [5.41, 5.74) is 0.326. The molecule has 144 valence electrons. The summed E-state index contributed by atoms with van der Waals surface area (Å²) in [6.07, 6.45) is 4.55. The molecule has 0 unspecified atom stereocenters. The molecule has 8 nitrogen and oxygen atoms in total. The Hall–Kier alpha value is -1.71. The van der Waals surface area contributed by atoms with Crippen molar-refractivity contribution in [2.24, 2.45) is 5.41 Å². The predicted octanol–water partition coefficient (Wildman–Crippen LogP) is 2.61. The van der Waals surface area contributed by atoms with Gasteiger partial charge in [-0.05, 0) is 24.3 Å². The Bertz CT molecular complexity index is 769. The molecule has 1 aromatic rings. The Morgan fingerprint density at radius 3 is 2.54 bits per heavy atom. The minimum atomic E-state index is -3.83. The van der Waals surface area contributed by atoms with Crippen LogP contribution in [0.3, 0.4) is 0 Å². The number of hydrogen-bond donors (Lipinski definition) is 1. The third-order valence-corrected chi connectivity index (χ3v) is 7.22. The lowest BCUT2D eigenvalue weighted by Crippen LogP contribution is -2.41. The molecule has 9 heteroatoms. The zero-order valence-corrected chi connectivity index (χ0v) is 15.8. The highest BCUT2D eigenvalue weighted by Gasteiger charge is 2.32. The van der Waals surface area contributed by atoms with Crippen molar-refractivity contribution in [2.75, 3.05) is 38.2 Å². The van der Waals surface area contributed by atoms with Gasteiger partial charge in [-0.25, -0.2) is 8.42 Å². The molecular formula is C17H25N3O5S. The van der Waals surface area contributed by atoms with Crippen LogP contribution in [0.25, 0.3) is 0 Å². The molecule has 2 aliphatic rings. The number of non-ortho nitro benzene ring substituents is 1. The molecule has 1 heterocycles. The van der Waals surface area contributed by atoms with Gasteiger partial charge in [-0.15, -0.1) is 0 Å². The van der Waals surface area contributed by atoms with E-state index in [9.17, 15) is 18.5 Å². The van der Waals surface area contributed by atoms with Gasteiger partial charge in [-0.2, -0.15) is 4.31 Å². The standard InChI is InChI=1S/C17H25N3O5S/c1-17(6-2-3-7-17)13-18-15-5-4-14(20(21)22)12-16(15)26(23,24)19-8-10-25-11-9-19/h4-5,12,18H,2-3,6-11,13H2,1H3. The van der Waals surface area contributed by atoms with E-state index in [0.29, 0.717) is 25.4 Å². The van der Waals surface area contributed by atoms with Crippen LogP contribution in [0.5, 0.6) is 0 Å². The highest BCUT2D eigenvalue weighted by atomic mass is 32.2. The molecule has 0 amide bonds. The number of nitro benzene ring substituents is 1. The largest absolute Gasteiger partial charge is 0.383 e. The van der Waals surface area contributed by atoms with Gasteiger partial charge in [0.1, 0.15) is 4.90 Å². The van der Waals surface area contributed by atoms with Crippen molar-refractivity contribution in [1.29, 1.82) is 0 Å². The number of ether oxygens (including phenoxy) is 1. The van der Waals surface area contributed by atoms with E-state index in [-0.39, 0.29) is 29.1 Å². The number of anilines is 1. The maximum atomic E-state index is 13.1. The second kappa shape index (κ2) is 7.50. The summed E-state index contributed by atoms with van der Waals surface area (Å²) in [6, 6.07) is 4.01. The number of nitrogens with one attached hydrogen (secondary N) is 1. The summed E-state index contributed by atoms with van der Waals surface area (Å²) in [7, 11) is -3.83. The predicted molar refractivity (Wildman–Crippen MR) is 97.7 cm³/mol. The maximum absolute atomic E-state index is 13.1. The van der Waals surface area contributed by atoms with E-state index >= 15 is 0 Å². The van der Waals surface area contributed by atoms with Crippen molar-refractivity contribution in [2.45, 2.75) is 37.5 Å². The Kier molecular flexibility index (Phi) is 5.50. The van der Waals surface area contributed by atoms with Crippen LogP contribution in [0.1, 0.15) is 32.6 Å². The number of morpholine rings is 1. The Morgan fingerprint density at radius 2 is 1.92 bits per heavy atom. The van der Waals surface area contributed by atoms with E-state index in [1.165, 1.54) is 29.3 Å². The van der Waals surface area contributed by atoms with Crippen LogP contribution < -0.4 is 5.32 Å². The van der Waals surface area contributed by atoms with Crippen LogP contribution in [-0.4, -0.2) is 50.5 Å². The minimum absolute atomic E-state index is 0.0322. The lowest BCUT2D eigenvalue weighted by Gasteiger charge is -2.28. The molecule has 0 aromatic heterocycles. The first kappa shape index (κ1) is 19.1. The number of nitro groups is 1. The zero-order chi connectivity index (χ0) is 18.8. The second-order valence-corrected chi connectivity index (χ2v) is 9.23. The van der Waals surface area contributed by atoms with Crippen LogP contribution in [0.4, 0.5) is 11.4 Å². The first-order valence-electron chi connectivity index (χ1n) is 8.92. The summed E-state index contributed by atoms with van der Waals surface area (Å²) in [4.78, 5) is 10.5. The van der Waals surface area contributed by atoms with E-state index in [0.717, 1.165) is 18.9 Å². The number of rotatable bonds is 6. The van der Waals surface area contributed by atoms with Crippen molar-refractivity contribution in [3.05, 3.63) is 28.3 Å². The van der Waals surface area contributed by atoms with Crippen molar-refractivity contribution >= 4 is 21.4 Å². The number of benzene rings is 1. The summed E-state index contributed by atoms with van der Waals surface area (Å²) in [5, 5.41) is 14.4. The van der Waals surface area contributed by atoms with Gasteiger partial charge < -0.3 is 10.1 Å². The number of sulfonamides is 1. The fraction of sp³-hybridized carbons (Fsp3) is 0.647. The van der Waals surface area contributed by atoms with Gasteiger partial charge >= 0.3 is 0 Å². The summed E-state index contributed by atoms with van der Waals surface area (Å²) in [5.74, 6) is 0. The number of hydrogen-bond acceptors (Lipinski definition) is 6. The van der Waals surface area contributed by atoms with E-state index < -0.39 is 14.9 Å². The molecule has 3 rings (SSSR count). The van der Waals surface area contributed by atoms with Gasteiger partial charge in [0.15, 0.2) is 0 Å². The van der Waals surface area contributed by atoms with Gasteiger partial charge in [-0.1, -0.05) is 19.8 Å². The maximum Gasteiger partial charge on any atom is 0.270 e. The summed E-state index contributed by atoms with van der Waals surface area (Å²) < 4.78 is 32.7. The summed E-state index contributed by atoms with van der Waals surface area (Å²) in [6.45, 7) is 4.00. The average Bonchev–Trinajstić information content (AvgIpc) is 3.07. The molecule has 1 aliphatic heterocycles. The minimum Gasteiger partial charge on any atom is -0.383 e. The summed E-state index contributed by atoms with van der Waals surface area (Å²) >= 11 is 0. The van der Waals surface area contributed by atoms with Gasteiger partial charge in [0.2, 0.25) is 10.0 Å². The van der Waals surface area contributed by atoms with E-state index in [4.69, 9.17) is 4.74 Å². The monoisotopic (exact) mass is 383 g/mol. The van der Waals surface area contributed by atoms with Crippen LogP contribution in [0.2, 0.25) is 0 Å². The van der Waals surface area contributed by atoms with Crippen molar-refractivity contribution in [1.82, 2.24) is 4.31 Å². The van der Waals surface area contributed by atoms with Crippen LogP contribution in [0.15, 0.2) is 23.1 Å². The highest BCUT2D eigenvalue weighted by molar-refractivity contribution is 7.89. The van der Waals surface area contributed by atoms with Crippen molar-refractivity contribution < 1.29 is 18.1 Å². The van der Waals surface area contributed by atoms with Gasteiger partial charge in [0, 0.05) is 31.8 Å². The van der Waals surface area contributed by atoms with Gasteiger partial charge in [0.25, 0.3) is 5.69 Å². The fourth-order valence-corrected chi connectivity index (χ4v) is 5.22. The van der Waals surface area contributed by atoms with Crippen molar-refractivity contribution in [3.63, 3.8) is 0 Å². The third-order valence-electron chi connectivity index (χ3n) is 5.28. The smallest absolute Gasteiger partial charge is 0.270 e. The van der Waals surface area contributed by atoms with Gasteiger partial charge in [0.05, 0.1) is 23.8 Å². The molecule has 1 saturated carbocycles. The molecular weight excluding hydrogens is 358 g/mol. The number of nitrogens with zero attached hydrogens (tertiary/aromatic N) is 2. The molecule has 26 heavy (non-hydrogen) atoms. The van der Waals surface area contributed by atoms with Crippen LogP contribution >= 0.6 is 0 Å². The van der Waals surface area contributed by atoms with E-state index in [2.05, 4.69) is 12.2 Å². The highest BCUT2D eigenvalue weighted by Crippen LogP contribution is 2.38. The second-order valence-electron chi connectivity index (χ2n) is 7.33. The molecule has 1 aromatic carbocycles. The van der Waals surface area contributed by atoms with Crippen molar-refractivity contribution in [3.8, 4) is 0 Å². The third kappa shape index (κ3) is 3.99. The Balaban J connectivity index is 1.92. The Morgan fingerprint density at radius 1 is 1.27 bits per heavy atom. The molecule has 0 radical (unpaired) electrons. The fourth-order valence-electron chi connectivity index (χ4n) is 3.62. The van der Waals surface area contributed by atoms with E-state index in [1.54, 1.807) is 0 Å². The average molecular weight is 383 g/mol. The lowest BCUT2D eigenvalue weighted by atomic mass is 9.89. The SMILES string of the molecule is CC1(CNc2ccc([N+](=O)[O-])cc2S(=O)(=O)N2CCOCC2)CCCC1. The molecule has 2 fully saturated rings. The molecule has 1 saturated heterocycles. The first-order chi connectivity index (χ1) is 12.3. The van der Waals surface area contributed by atoms with Crippen LogP contribution in [-0.2, 0) is 14.8 Å². The van der Waals surface area contributed by atoms with Gasteiger partial charge in [-0.3, -0.25) is 10.1 Å². The normalized spacial score (nSPS) is 20.8. The molecule has 0 atom stereocenters. The topological polar surface area (TPSA) is 102 Å². The first-order valence-corrected chi connectivity index (χ1v) is 10.4. The zero-order valence-electron chi connectivity index (χ0n) is 14.9. The lowest BCUT2D eigenvalue weighted by molar-refractivity contribution is -0.385. The molecule has 0 bridgehead atoms. The molecule has 0 spiro atoms. The van der Waals surface area contributed by atoms with Crippen LogP contribution in [0, 0.1) is 15.5 Å². The Labute approximate surface area is 153 Å². The molecule has 1 N–H and O–H groups in total. The molecule has 1 aliphatic carbocycles.